The molecule has 0 bridgehead atoms. The van der Waals surface area contributed by atoms with Gasteiger partial charge in [-0.3, -0.25) is 0 Å². The quantitative estimate of drug-likeness (QED) is 0.740. The summed E-state index contributed by atoms with van der Waals surface area (Å²) in [5, 5.41) is 3.54. The molecule has 0 fully saturated rings. The van der Waals surface area contributed by atoms with Crippen LogP contribution < -0.4 is 14.8 Å². The number of nitrogens with zero attached hydrogens (tertiary/aromatic N) is 1. The summed E-state index contributed by atoms with van der Waals surface area (Å²) in [6.45, 7) is 8.49. The lowest BCUT2D eigenvalue weighted by Gasteiger charge is -2.15. The second-order valence-corrected chi connectivity index (χ2v) is 6.95. The topological polar surface area (TPSA) is 59.2 Å². The summed E-state index contributed by atoms with van der Waals surface area (Å²) in [4.78, 5) is 8.17. The summed E-state index contributed by atoms with van der Waals surface area (Å²) in [5.41, 5.74) is 5.83. The highest BCUT2D eigenvalue weighted by molar-refractivity contribution is 5.79. The lowest BCUT2D eigenvalue weighted by Crippen LogP contribution is -2.18. The van der Waals surface area contributed by atoms with Gasteiger partial charge in [0, 0.05) is 12.5 Å². The third-order valence-electron chi connectivity index (χ3n) is 5.07. The Hall–Kier alpha value is -2.53. The fraction of sp³-hybridized carbons (Fsp3) is 0.381. The van der Waals surface area contributed by atoms with E-state index in [9.17, 15) is 0 Å². The molecule has 1 aliphatic heterocycles. The van der Waals surface area contributed by atoms with Gasteiger partial charge in [-0.15, -0.1) is 0 Å². The van der Waals surface area contributed by atoms with Crippen molar-refractivity contribution in [3.8, 4) is 11.5 Å². The SMILES string of the molecule is Cc1ccc2[nH]c(CN[C@@H](C)c3ccc4c(c3)OCCCO4)nc2c1C. The van der Waals surface area contributed by atoms with E-state index in [0.29, 0.717) is 19.8 Å². The van der Waals surface area contributed by atoms with Gasteiger partial charge in [0.1, 0.15) is 5.82 Å². The van der Waals surface area contributed by atoms with Crippen molar-refractivity contribution in [2.75, 3.05) is 13.2 Å². The number of fused-ring (bicyclic) bond motifs is 2. The molecule has 1 aromatic heterocycles. The average Bonchev–Trinajstić information content (AvgIpc) is 2.92. The van der Waals surface area contributed by atoms with Gasteiger partial charge in [-0.1, -0.05) is 12.1 Å². The van der Waals surface area contributed by atoms with Crippen molar-refractivity contribution in [3.05, 3.63) is 52.8 Å². The molecule has 5 nitrogen and oxygen atoms in total. The number of aromatic amines is 1. The van der Waals surface area contributed by atoms with Crippen molar-refractivity contribution >= 4 is 11.0 Å². The van der Waals surface area contributed by atoms with E-state index in [-0.39, 0.29) is 6.04 Å². The molecule has 26 heavy (non-hydrogen) atoms. The third kappa shape index (κ3) is 3.27. The fourth-order valence-electron chi connectivity index (χ4n) is 3.26. The molecule has 3 aromatic rings. The highest BCUT2D eigenvalue weighted by Crippen LogP contribution is 2.32. The van der Waals surface area contributed by atoms with Gasteiger partial charge in [-0.2, -0.15) is 0 Å². The molecule has 4 rings (SSSR count). The lowest BCUT2D eigenvalue weighted by molar-refractivity contribution is 0.297. The molecular weight excluding hydrogens is 326 g/mol. The molecule has 1 atom stereocenters. The Morgan fingerprint density at radius 1 is 1.12 bits per heavy atom. The van der Waals surface area contributed by atoms with Crippen LogP contribution in [0.15, 0.2) is 30.3 Å². The molecule has 0 unspecified atom stereocenters. The van der Waals surface area contributed by atoms with Crippen molar-refractivity contribution in [2.45, 2.75) is 39.8 Å². The monoisotopic (exact) mass is 351 g/mol. The Labute approximate surface area is 153 Å². The first kappa shape index (κ1) is 16.9. The number of hydrogen-bond donors (Lipinski definition) is 2. The number of aryl methyl sites for hydroxylation is 2. The first-order chi connectivity index (χ1) is 12.6. The average molecular weight is 351 g/mol. The normalized spacial score (nSPS) is 15.0. The van der Waals surface area contributed by atoms with Gasteiger partial charge < -0.3 is 19.8 Å². The summed E-state index contributed by atoms with van der Waals surface area (Å²) in [5.74, 6) is 2.62. The van der Waals surface area contributed by atoms with Crippen LogP contribution in [0, 0.1) is 13.8 Å². The maximum atomic E-state index is 5.80. The summed E-state index contributed by atoms with van der Waals surface area (Å²) in [6, 6.07) is 10.6. The summed E-state index contributed by atoms with van der Waals surface area (Å²) in [7, 11) is 0. The van der Waals surface area contributed by atoms with E-state index in [1.165, 1.54) is 16.7 Å². The molecule has 0 saturated carbocycles. The Kier molecular flexibility index (Phi) is 4.55. The lowest BCUT2D eigenvalue weighted by atomic mass is 10.1. The van der Waals surface area contributed by atoms with Crippen LogP contribution in [0.4, 0.5) is 0 Å². The molecule has 2 aromatic carbocycles. The number of aromatic nitrogens is 2. The first-order valence-electron chi connectivity index (χ1n) is 9.19. The minimum Gasteiger partial charge on any atom is -0.490 e. The molecule has 1 aliphatic rings. The number of nitrogens with one attached hydrogen (secondary N) is 2. The molecular formula is C21H25N3O2. The summed E-state index contributed by atoms with van der Waals surface area (Å²) in [6.07, 6.45) is 0.919. The van der Waals surface area contributed by atoms with E-state index in [1.807, 2.05) is 6.07 Å². The third-order valence-corrected chi connectivity index (χ3v) is 5.07. The standard InChI is InChI=1S/C21H25N3O2/c1-13-5-7-17-21(14(13)2)24-20(23-17)12-22-15(3)16-6-8-18-19(11-16)26-10-4-9-25-18/h5-8,11,15,22H,4,9-10,12H2,1-3H3,(H,23,24)/t15-/m0/s1. The van der Waals surface area contributed by atoms with Gasteiger partial charge in [-0.05, 0) is 55.7 Å². The Balaban J connectivity index is 1.48. The van der Waals surface area contributed by atoms with Crippen molar-refractivity contribution in [3.63, 3.8) is 0 Å². The van der Waals surface area contributed by atoms with Crippen molar-refractivity contribution < 1.29 is 9.47 Å². The zero-order valence-corrected chi connectivity index (χ0v) is 15.6. The van der Waals surface area contributed by atoms with Crippen LogP contribution in [-0.2, 0) is 6.54 Å². The van der Waals surface area contributed by atoms with Gasteiger partial charge >= 0.3 is 0 Å². The number of imidazole rings is 1. The molecule has 136 valence electrons. The van der Waals surface area contributed by atoms with Gasteiger partial charge in [-0.25, -0.2) is 4.98 Å². The highest BCUT2D eigenvalue weighted by Gasteiger charge is 2.14. The van der Waals surface area contributed by atoms with Crippen molar-refractivity contribution in [1.29, 1.82) is 0 Å². The number of hydrogen-bond acceptors (Lipinski definition) is 4. The van der Waals surface area contributed by atoms with Gasteiger partial charge in [0.2, 0.25) is 0 Å². The zero-order valence-electron chi connectivity index (χ0n) is 15.6. The number of H-pyrrole nitrogens is 1. The summed E-state index contributed by atoms with van der Waals surface area (Å²) >= 11 is 0. The maximum absolute atomic E-state index is 5.80. The highest BCUT2D eigenvalue weighted by atomic mass is 16.5. The van der Waals surface area contributed by atoms with Gasteiger partial charge in [0.05, 0.1) is 30.8 Å². The van der Waals surface area contributed by atoms with Crippen molar-refractivity contribution in [1.82, 2.24) is 15.3 Å². The van der Waals surface area contributed by atoms with E-state index < -0.39 is 0 Å². The minimum atomic E-state index is 0.184. The fourth-order valence-corrected chi connectivity index (χ4v) is 3.26. The van der Waals surface area contributed by atoms with Crippen LogP contribution in [-0.4, -0.2) is 23.2 Å². The predicted octanol–water partition coefficient (Wildman–Crippen LogP) is 4.19. The molecule has 0 spiro atoms. The van der Waals surface area contributed by atoms with Crippen molar-refractivity contribution in [2.24, 2.45) is 0 Å². The second kappa shape index (κ2) is 7.00. The van der Waals surface area contributed by atoms with Crippen LogP contribution in [0.25, 0.3) is 11.0 Å². The smallest absolute Gasteiger partial charge is 0.161 e. The van der Waals surface area contributed by atoms with Crippen LogP contribution >= 0.6 is 0 Å². The Morgan fingerprint density at radius 3 is 2.77 bits per heavy atom. The van der Waals surface area contributed by atoms with E-state index in [2.05, 4.69) is 55.3 Å². The molecule has 0 aliphatic carbocycles. The minimum absolute atomic E-state index is 0.184. The van der Waals surface area contributed by atoms with Crippen LogP contribution in [0.5, 0.6) is 11.5 Å². The molecule has 0 radical (unpaired) electrons. The van der Waals surface area contributed by atoms with Gasteiger partial charge in [0.25, 0.3) is 0 Å². The molecule has 5 heteroatoms. The molecule has 2 N–H and O–H groups in total. The molecule has 2 heterocycles. The van der Waals surface area contributed by atoms with Crippen LogP contribution in [0.3, 0.4) is 0 Å². The van der Waals surface area contributed by atoms with Gasteiger partial charge in [0.15, 0.2) is 11.5 Å². The first-order valence-corrected chi connectivity index (χ1v) is 9.19. The van der Waals surface area contributed by atoms with Crippen LogP contribution in [0.2, 0.25) is 0 Å². The Bertz CT molecular complexity index is 932. The number of rotatable bonds is 4. The predicted molar refractivity (Wildman–Crippen MR) is 103 cm³/mol. The zero-order chi connectivity index (χ0) is 18.1. The summed E-state index contributed by atoms with van der Waals surface area (Å²) < 4.78 is 11.5. The van der Waals surface area contributed by atoms with E-state index >= 15 is 0 Å². The van der Waals surface area contributed by atoms with E-state index in [4.69, 9.17) is 14.5 Å². The Morgan fingerprint density at radius 2 is 1.92 bits per heavy atom. The molecule has 0 saturated heterocycles. The second-order valence-electron chi connectivity index (χ2n) is 6.95. The van der Waals surface area contributed by atoms with E-state index in [0.717, 1.165) is 34.8 Å². The molecule has 0 amide bonds. The van der Waals surface area contributed by atoms with Crippen LogP contribution in [0.1, 0.15) is 41.9 Å². The van der Waals surface area contributed by atoms with E-state index in [1.54, 1.807) is 0 Å². The number of ether oxygens (including phenoxy) is 2. The number of benzene rings is 2. The maximum Gasteiger partial charge on any atom is 0.161 e. The largest absolute Gasteiger partial charge is 0.490 e.